The molecule has 0 saturated carbocycles. The first-order valence-corrected chi connectivity index (χ1v) is 8.48. The summed E-state index contributed by atoms with van der Waals surface area (Å²) in [5, 5.41) is 2.63. The lowest BCUT2D eigenvalue weighted by Gasteiger charge is -2.41. The van der Waals surface area contributed by atoms with E-state index in [2.05, 4.69) is 5.32 Å². The first-order valence-electron chi connectivity index (χ1n) is 8.48. The van der Waals surface area contributed by atoms with Crippen LogP contribution in [0.5, 0.6) is 0 Å². The number of nitrogens with one attached hydrogen (secondary N) is 1. The van der Waals surface area contributed by atoms with E-state index in [4.69, 9.17) is 18.9 Å². The van der Waals surface area contributed by atoms with Crippen molar-refractivity contribution in [3.8, 4) is 0 Å². The lowest BCUT2D eigenvalue weighted by Crippen LogP contribution is -2.62. The fourth-order valence-electron chi connectivity index (χ4n) is 2.57. The van der Waals surface area contributed by atoms with Crippen LogP contribution < -0.4 is 5.32 Å². The Morgan fingerprint density at radius 1 is 0.889 bits per heavy atom. The van der Waals surface area contributed by atoms with Gasteiger partial charge in [-0.2, -0.15) is 0 Å². The topological polar surface area (TPSA) is 134 Å². The summed E-state index contributed by atoms with van der Waals surface area (Å²) >= 11 is 0. The summed E-state index contributed by atoms with van der Waals surface area (Å²) in [5.74, 6) is -2.42. The summed E-state index contributed by atoms with van der Waals surface area (Å²) in [6.45, 7) is 4.66. The zero-order valence-corrected chi connectivity index (χ0v) is 15.8. The zero-order chi connectivity index (χ0) is 20.6. The maximum absolute atomic E-state index is 12.0. The molecule has 0 aromatic carbocycles. The van der Waals surface area contributed by atoms with Crippen LogP contribution in [0.25, 0.3) is 0 Å². The fraction of sp³-hybridized carbons (Fsp3) is 0.706. The first-order chi connectivity index (χ1) is 12.6. The molecule has 0 aliphatic carbocycles. The minimum absolute atomic E-state index is 0.0340. The van der Waals surface area contributed by atoms with Crippen molar-refractivity contribution in [1.82, 2.24) is 5.32 Å². The van der Waals surface area contributed by atoms with E-state index < -0.39 is 48.2 Å². The number of rotatable bonds is 8. The normalized spacial score (nSPS) is 24.4. The maximum Gasteiger partial charge on any atom is 0.303 e. The molecule has 4 atom stereocenters. The lowest BCUT2D eigenvalue weighted by molar-refractivity contribution is -0.207. The SMILES string of the molecule is CC(=O)CCC(=O)NC1COC(COC(C)=O)[C@@H](OC(C)=O)C1OC(C)=O. The Kier molecular flexibility index (Phi) is 8.86. The molecule has 1 N–H and O–H groups in total. The Morgan fingerprint density at radius 2 is 1.48 bits per heavy atom. The van der Waals surface area contributed by atoms with E-state index >= 15 is 0 Å². The van der Waals surface area contributed by atoms with Crippen LogP contribution in [0, 0.1) is 0 Å². The van der Waals surface area contributed by atoms with Gasteiger partial charge in [-0.3, -0.25) is 19.2 Å². The Bertz CT molecular complexity index is 589. The fourth-order valence-corrected chi connectivity index (χ4v) is 2.57. The summed E-state index contributed by atoms with van der Waals surface area (Å²) in [7, 11) is 0. The van der Waals surface area contributed by atoms with E-state index in [-0.39, 0.29) is 31.8 Å². The Balaban J connectivity index is 2.94. The number of amides is 1. The number of ketones is 1. The molecule has 152 valence electrons. The van der Waals surface area contributed by atoms with E-state index in [0.29, 0.717) is 0 Å². The summed E-state index contributed by atoms with van der Waals surface area (Å²) in [6.07, 6.45) is -2.96. The second-order valence-corrected chi connectivity index (χ2v) is 6.20. The van der Waals surface area contributed by atoms with Crippen molar-refractivity contribution in [2.24, 2.45) is 0 Å². The van der Waals surface area contributed by atoms with Crippen LogP contribution in [-0.2, 0) is 42.9 Å². The average Bonchev–Trinajstić information content (AvgIpc) is 2.54. The standard InChI is InChI=1S/C17H25NO9/c1-9(19)5-6-15(23)18-13-7-25-14(8-24-10(2)20)17(27-12(4)22)16(13)26-11(3)21/h13-14,16-17H,5-8H2,1-4H3,(H,18,23)/t13?,14?,16?,17-/m1/s1. The van der Waals surface area contributed by atoms with Crippen LogP contribution in [0.4, 0.5) is 0 Å². The molecule has 0 spiro atoms. The Labute approximate surface area is 156 Å². The molecule has 1 aliphatic rings. The molecule has 0 radical (unpaired) electrons. The van der Waals surface area contributed by atoms with Gasteiger partial charge in [-0.05, 0) is 6.92 Å². The van der Waals surface area contributed by atoms with Gasteiger partial charge < -0.3 is 29.1 Å². The molecule has 10 heteroatoms. The molecule has 1 aliphatic heterocycles. The van der Waals surface area contributed by atoms with Gasteiger partial charge >= 0.3 is 17.9 Å². The number of Topliss-reactive ketones (excluding diaryl/α,β-unsaturated/α-hetero) is 1. The van der Waals surface area contributed by atoms with Crippen molar-refractivity contribution in [2.75, 3.05) is 13.2 Å². The van der Waals surface area contributed by atoms with Crippen LogP contribution in [0.15, 0.2) is 0 Å². The minimum atomic E-state index is -1.09. The quantitative estimate of drug-likeness (QED) is 0.438. The second-order valence-electron chi connectivity index (χ2n) is 6.20. The third-order valence-electron chi connectivity index (χ3n) is 3.68. The lowest BCUT2D eigenvalue weighted by atomic mass is 9.97. The molecule has 3 unspecified atom stereocenters. The predicted molar refractivity (Wildman–Crippen MR) is 89.3 cm³/mol. The van der Waals surface area contributed by atoms with Gasteiger partial charge in [-0.15, -0.1) is 0 Å². The van der Waals surface area contributed by atoms with Crippen molar-refractivity contribution in [3.63, 3.8) is 0 Å². The number of hydrogen-bond donors (Lipinski definition) is 1. The molecular weight excluding hydrogens is 362 g/mol. The number of hydrogen-bond acceptors (Lipinski definition) is 9. The molecule has 27 heavy (non-hydrogen) atoms. The smallest absolute Gasteiger partial charge is 0.303 e. The zero-order valence-electron chi connectivity index (χ0n) is 15.8. The van der Waals surface area contributed by atoms with E-state index in [1.54, 1.807) is 0 Å². The summed E-state index contributed by atoms with van der Waals surface area (Å²) in [6, 6.07) is -0.800. The summed E-state index contributed by atoms with van der Waals surface area (Å²) in [4.78, 5) is 57.1. The maximum atomic E-state index is 12.0. The van der Waals surface area contributed by atoms with Crippen LogP contribution in [-0.4, -0.2) is 67.2 Å². The van der Waals surface area contributed by atoms with Crippen LogP contribution >= 0.6 is 0 Å². The molecule has 1 rings (SSSR count). The average molecular weight is 387 g/mol. The highest BCUT2D eigenvalue weighted by atomic mass is 16.6. The molecule has 1 heterocycles. The molecule has 0 aromatic heterocycles. The Hall–Kier alpha value is -2.49. The van der Waals surface area contributed by atoms with E-state index in [0.717, 1.165) is 0 Å². The number of carbonyl (C=O) groups is 5. The highest BCUT2D eigenvalue weighted by Crippen LogP contribution is 2.23. The van der Waals surface area contributed by atoms with Gasteiger partial charge in [0.15, 0.2) is 12.2 Å². The number of ether oxygens (including phenoxy) is 4. The van der Waals surface area contributed by atoms with Crippen molar-refractivity contribution < 1.29 is 42.9 Å². The van der Waals surface area contributed by atoms with Crippen molar-refractivity contribution >= 4 is 29.6 Å². The second kappa shape index (κ2) is 10.6. The van der Waals surface area contributed by atoms with E-state index in [1.807, 2.05) is 0 Å². The molecule has 1 amide bonds. The third kappa shape index (κ3) is 8.16. The van der Waals surface area contributed by atoms with Gasteiger partial charge in [0.1, 0.15) is 18.5 Å². The van der Waals surface area contributed by atoms with Gasteiger partial charge in [0.25, 0.3) is 0 Å². The molecule has 1 saturated heterocycles. The molecule has 10 nitrogen and oxygen atoms in total. The monoisotopic (exact) mass is 387 g/mol. The van der Waals surface area contributed by atoms with Gasteiger partial charge in [0.2, 0.25) is 5.91 Å². The number of esters is 3. The summed E-state index contributed by atoms with van der Waals surface area (Å²) < 4.78 is 21.0. The van der Waals surface area contributed by atoms with Crippen molar-refractivity contribution in [2.45, 2.75) is 64.9 Å². The molecule has 0 bridgehead atoms. The van der Waals surface area contributed by atoms with E-state index in [9.17, 15) is 24.0 Å². The first kappa shape index (κ1) is 22.6. The van der Waals surface area contributed by atoms with Gasteiger partial charge in [-0.25, -0.2) is 0 Å². The number of carbonyl (C=O) groups excluding carboxylic acids is 5. The van der Waals surface area contributed by atoms with Crippen molar-refractivity contribution in [3.05, 3.63) is 0 Å². The molecular formula is C17H25NO9. The third-order valence-corrected chi connectivity index (χ3v) is 3.68. The molecule has 1 fully saturated rings. The van der Waals surface area contributed by atoms with E-state index in [1.165, 1.54) is 27.7 Å². The van der Waals surface area contributed by atoms with Gasteiger partial charge in [-0.1, -0.05) is 0 Å². The van der Waals surface area contributed by atoms with Crippen LogP contribution in [0.3, 0.4) is 0 Å². The molecule has 0 aromatic rings. The Morgan fingerprint density at radius 3 is 2.00 bits per heavy atom. The van der Waals surface area contributed by atoms with Gasteiger partial charge in [0.05, 0.1) is 12.6 Å². The highest BCUT2D eigenvalue weighted by Gasteiger charge is 2.46. The van der Waals surface area contributed by atoms with Crippen molar-refractivity contribution in [1.29, 1.82) is 0 Å². The predicted octanol–water partition coefficient (Wildman–Crippen LogP) is -0.334. The summed E-state index contributed by atoms with van der Waals surface area (Å²) in [5.41, 5.74) is 0. The van der Waals surface area contributed by atoms with Crippen LogP contribution in [0.1, 0.15) is 40.5 Å². The largest absolute Gasteiger partial charge is 0.463 e. The minimum Gasteiger partial charge on any atom is -0.463 e. The van der Waals surface area contributed by atoms with Crippen LogP contribution in [0.2, 0.25) is 0 Å². The highest BCUT2D eigenvalue weighted by molar-refractivity contribution is 5.83. The van der Waals surface area contributed by atoms with Gasteiger partial charge in [0, 0.05) is 33.6 Å².